The predicted octanol–water partition coefficient (Wildman–Crippen LogP) is 2.10. The minimum atomic E-state index is -2.95. The number of benzene rings is 1. The van der Waals surface area contributed by atoms with Gasteiger partial charge in [0.25, 0.3) is 0 Å². The fraction of sp³-hybridized carbons (Fsp3) is 0.533. The number of rotatable bonds is 7. The van der Waals surface area contributed by atoms with E-state index in [0.717, 1.165) is 12.1 Å². The number of hydrogen-bond donors (Lipinski definition) is 2. The van der Waals surface area contributed by atoms with Crippen LogP contribution in [0.5, 0.6) is 0 Å². The molecule has 0 radical (unpaired) electrons. The van der Waals surface area contributed by atoms with Crippen molar-refractivity contribution in [3.63, 3.8) is 0 Å². The molecule has 126 valence electrons. The monoisotopic (exact) mass is 439 g/mol. The molecule has 0 heterocycles. The molecule has 0 saturated carbocycles. The number of aliphatic imine (C=N–C) groups is 1. The molecule has 0 bridgehead atoms. The molecule has 0 aliphatic heterocycles. The van der Waals surface area contributed by atoms with Crippen LogP contribution in [-0.4, -0.2) is 39.0 Å². The molecule has 0 aromatic heterocycles. The fourth-order valence-electron chi connectivity index (χ4n) is 1.76. The highest BCUT2D eigenvalue weighted by atomic mass is 127. The first-order valence-electron chi connectivity index (χ1n) is 7.25. The average Bonchev–Trinajstić information content (AvgIpc) is 2.46. The summed E-state index contributed by atoms with van der Waals surface area (Å²) in [4.78, 5) is 4.49. The Kier molecular flexibility index (Phi) is 10.4. The van der Waals surface area contributed by atoms with Crippen molar-refractivity contribution in [1.29, 1.82) is 0 Å². The average molecular weight is 439 g/mol. The highest BCUT2D eigenvalue weighted by molar-refractivity contribution is 14.0. The van der Waals surface area contributed by atoms with Crippen LogP contribution in [0.15, 0.2) is 29.3 Å². The summed E-state index contributed by atoms with van der Waals surface area (Å²) in [5.41, 5.74) is 2.36. The van der Waals surface area contributed by atoms with Gasteiger partial charge in [-0.15, -0.1) is 24.0 Å². The van der Waals surface area contributed by atoms with Gasteiger partial charge in [-0.25, -0.2) is 13.4 Å². The molecule has 2 N–H and O–H groups in total. The first kappa shape index (κ1) is 21.2. The first-order chi connectivity index (χ1) is 9.98. The second-order valence-electron chi connectivity index (χ2n) is 4.78. The van der Waals surface area contributed by atoms with E-state index in [1.807, 2.05) is 25.1 Å². The van der Waals surface area contributed by atoms with Crippen LogP contribution in [0.1, 0.15) is 25.0 Å². The Bertz CT molecular complexity index is 574. The molecule has 0 unspecified atom stereocenters. The predicted molar refractivity (Wildman–Crippen MR) is 104 cm³/mol. The third kappa shape index (κ3) is 7.98. The number of guanidine groups is 1. The maximum Gasteiger partial charge on any atom is 0.191 e. The Morgan fingerprint density at radius 2 is 1.86 bits per heavy atom. The zero-order valence-corrected chi connectivity index (χ0v) is 16.6. The second kappa shape index (κ2) is 10.8. The van der Waals surface area contributed by atoms with Gasteiger partial charge in [0.15, 0.2) is 15.8 Å². The van der Waals surface area contributed by atoms with Crippen LogP contribution in [-0.2, 0) is 16.4 Å². The van der Waals surface area contributed by atoms with Gasteiger partial charge in [0.05, 0.1) is 12.3 Å². The van der Waals surface area contributed by atoms with E-state index in [0.29, 0.717) is 19.0 Å². The zero-order chi connectivity index (χ0) is 15.7. The fourth-order valence-corrected chi connectivity index (χ4v) is 2.46. The van der Waals surface area contributed by atoms with Crippen LogP contribution in [0.3, 0.4) is 0 Å². The Morgan fingerprint density at radius 1 is 1.18 bits per heavy atom. The SMILES string of the molecule is CCNC(=NCc1ccccc1C)NCCS(=O)(=O)CC.I. The van der Waals surface area contributed by atoms with Gasteiger partial charge in [-0.05, 0) is 25.0 Å². The highest BCUT2D eigenvalue weighted by Gasteiger charge is 2.07. The first-order valence-corrected chi connectivity index (χ1v) is 9.07. The summed E-state index contributed by atoms with van der Waals surface area (Å²) in [6, 6.07) is 8.09. The molecule has 1 rings (SSSR count). The molecular formula is C15H26IN3O2S. The lowest BCUT2D eigenvalue weighted by Gasteiger charge is -2.11. The molecule has 0 fully saturated rings. The smallest absolute Gasteiger partial charge is 0.191 e. The Balaban J connectivity index is 0.00000441. The molecule has 1 aromatic carbocycles. The summed E-state index contributed by atoms with van der Waals surface area (Å²) < 4.78 is 22.9. The molecule has 0 atom stereocenters. The number of sulfone groups is 1. The summed E-state index contributed by atoms with van der Waals surface area (Å²) in [7, 11) is -2.95. The molecule has 0 amide bonds. The molecule has 7 heteroatoms. The molecule has 0 spiro atoms. The van der Waals surface area contributed by atoms with Crippen molar-refractivity contribution >= 4 is 39.8 Å². The van der Waals surface area contributed by atoms with Crippen molar-refractivity contribution in [2.45, 2.75) is 27.3 Å². The molecule has 0 aliphatic carbocycles. The highest BCUT2D eigenvalue weighted by Crippen LogP contribution is 2.07. The van der Waals surface area contributed by atoms with E-state index in [1.54, 1.807) is 6.92 Å². The van der Waals surface area contributed by atoms with Gasteiger partial charge < -0.3 is 10.6 Å². The van der Waals surface area contributed by atoms with Crippen molar-refractivity contribution in [1.82, 2.24) is 10.6 Å². The van der Waals surface area contributed by atoms with Crippen LogP contribution >= 0.6 is 24.0 Å². The van der Waals surface area contributed by atoms with Gasteiger partial charge in [0.2, 0.25) is 0 Å². The molecule has 0 saturated heterocycles. The van der Waals surface area contributed by atoms with Gasteiger partial charge >= 0.3 is 0 Å². The summed E-state index contributed by atoms with van der Waals surface area (Å²) in [5, 5.41) is 6.18. The third-order valence-electron chi connectivity index (χ3n) is 3.16. The van der Waals surface area contributed by atoms with E-state index in [2.05, 4.69) is 28.6 Å². The summed E-state index contributed by atoms with van der Waals surface area (Å²) in [6.07, 6.45) is 0. The normalized spacial score (nSPS) is 11.7. The third-order valence-corrected chi connectivity index (χ3v) is 4.86. The zero-order valence-electron chi connectivity index (χ0n) is 13.4. The number of aryl methyl sites for hydroxylation is 1. The van der Waals surface area contributed by atoms with Crippen LogP contribution < -0.4 is 10.6 Å². The van der Waals surface area contributed by atoms with Gasteiger partial charge in [0.1, 0.15) is 0 Å². The second-order valence-corrected chi connectivity index (χ2v) is 7.26. The lowest BCUT2D eigenvalue weighted by atomic mass is 10.1. The maximum absolute atomic E-state index is 11.5. The number of hydrogen-bond acceptors (Lipinski definition) is 3. The van der Waals surface area contributed by atoms with Gasteiger partial charge in [-0.2, -0.15) is 0 Å². The van der Waals surface area contributed by atoms with Crippen LogP contribution in [0.2, 0.25) is 0 Å². The molecule has 22 heavy (non-hydrogen) atoms. The van der Waals surface area contributed by atoms with Crippen molar-refractivity contribution in [2.24, 2.45) is 4.99 Å². The Labute approximate surface area is 150 Å². The standard InChI is InChI=1S/C15H25N3O2S.HI/c1-4-16-15(17-10-11-21(19,20)5-2)18-12-14-9-7-6-8-13(14)3;/h6-9H,4-5,10-12H2,1-3H3,(H2,16,17,18);1H. The summed E-state index contributed by atoms with van der Waals surface area (Å²) in [6.45, 7) is 7.37. The Morgan fingerprint density at radius 3 is 2.45 bits per heavy atom. The lowest BCUT2D eigenvalue weighted by Crippen LogP contribution is -2.39. The van der Waals surface area contributed by atoms with E-state index >= 15 is 0 Å². The van der Waals surface area contributed by atoms with E-state index in [1.165, 1.54) is 5.56 Å². The van der Waals surface area contributed by atoms with Crippen LogP contribution in [0, 0.1) is 6.92 Å². The maximum atomic E-state index is 11.5. The minimum absolute atomic E-state index is 0. The van der Waals surface area contributed by atoms with Crippen LogP contribution in [0.4, 0.5) is 0 Å². The lowest BCUT2D eigenvalue weighted by molar-refractivity contribution is 0.595. The molecular weight excluding hydrogens is 413 g/mol. The van der Waals surface area contributed by atoms with Gasteiger partial charge in [0, 0.05) is 18.8 Å². The van der Waals surface area contributed by atoms with Crippen molar-refractivity contribution in [3.05, 3.63) is 35.4 Å². The minimum Gasteiger partial charge on any atom is -0.357 e. The number of nitrogens with one attached hydrogen (secondary N) is 2. The molecule has 0 aliphatic rings. The molecule has 5 nitrogen and oxygen atoms in total. The van der Waals surface area contributed by atoms with Crippen molar-refractivity contribution in [3.8, 4) is 0 Å². The van der Waals surface area contributed by atoms with E-state index in [9.17, 15) is 8.42 Å². The number of halogens is 1. The largest absolute Gasteiger partial charge is 0.357 e. The summed E-state index contributed by atoms with van der Waals surface area (Å²) >= 11 is 0. The van der Waals surface area contributed by atoms with Crippen molar-refractivity contribution < 1.29 is 8.42 Å². The van der Waals surface area contributed by atoms with Crippen LogP contribution in [0.25, 0.3) is 0 Å². The van der Waals surface area contributed by atoms with E-state index < -0.39 is 9.84 Å². The molecule has 1 aromatic rings. The summed E-state index contributed by atoms with van der Waals surface area (Å²) in [5.74, 6) is 0.941. The Hall–Kier alpha value is -0.830. The van der Waals surface area contributed by atoms with Gasteiger partial charge in [-0.3, -0.25) is 0 Å². The number of nitrogens with zero attached hydrogens (tertiary/aromatic N) is 1. The quantitative estimate of drug-likeness (QED) is 0.388. The topological polar surface area (TPSA) is 70.6 Å². The van der Waals surface area contributed by atoms with Gasteiger partial charge in [-0.1, -0.05) is 31.2 Å². The van der Waals surface area contributed by atoms with E-state index in [-0.39, 0.29) is 35.5 Å². The van der Waals surface area contributed by atoms with Crippen molar-refractivity contribution in [2.75, 3.05) is 24.6 Å². The van der Waals surface area contributed by atoms with E-state index in [4.69, 9.17) is 0 Å².